The number of nitrogens with one attached hydrogen (secondary N) is 1. The molecule has 6 heteroatoms. The largest absolute Gasteiger partial charge is 0.416 e. The third kappa shape index (κ3) is 5.11. The first-order chi connectivity index (χ1) is 13.2. The third-order valence-electron chi connectivity index (χ3n) is 5.47. The predicted octanol–water partition coefficient (Wildman–Crippen LogP) is 5.11. The molecule has 0 saturated carbocycles. The third-order valence-corrected chi connectivity index (χ3v) is 5.47. The Kier molecular flexibility index (Phi) is 6.10. The molecule has 0 aliphatic carbocycles. The summed E-state index contributed by atoms with van der Waals surface area (Å²) in [6, 6.07) is 9.70. The Morgan fingerprint density at radius 1 is 1.18 bits per heavy atom. The maximum atomic E-state index is 13.3. The van der Waals surface area contributed by atoms with Crippen molar-refractivity contribution in [1.29, 1.82) is 0 Å². The number of hydrogen-bond acceptors (Lipinski definition) is 3. The van der Waals surface area contributed by atoms with Gasteiger partial charge in [-0.15, -0.1) is 0 Å². The van der Waals surface area contributed by atoms with Gasteiger partial charge >= 0.3 is 6.18 Å². The molecule has 2 heterocycles. The van der Waals surface area contributed by atoms with Gasteiger partial charge in [-0.2, -0.15) is 13.2 Å². The Bertz CT molecular complexity index is 777. The first kappa shape index (κ1) is 20.8. The van der Waals surface area contributed by atoms with E-state index in [9.17, 15) is 13.2 Å². The van der Waals surface area contributed by atoms with Gasteiger partial charge in [-0.3, -0.25) is 4.98 Å². The van der Waals surface area contributed by atoms with Crippen LogP contribution in [0.15, 0.2) is 48.8 Å². The Morgan fingerprint density at radius 2 is 2.00 bits per heavy atom. The number of alkyl halides is 3. The summed E-state index contributed by atoms with van der Waals surface area (Å²) in [5.41, 5.74) is 0.544. The molecule has 1 saturated heterocycles. The Hall–Kier alpha value is -1.92. The minimum atomic E-state index is -4.34. The van der Waals surface area contributed by atoms with Gasteiger partial charge in [0, 0.05) is 31.0 Å². The molecule has 0 bridgehead atoms. The molecule has 0 amide bonds. The van der Waals surface area contributed by atoms with Crippen LogP contribution >= 0.6 is 0 Å². The molecule has 1 aliphatic heterocycles. The second-order valence-corrected chi connectivity index (χ2v) is 8.18. The zero-order valence-corrected chi connectivity index (χ0v) is 16.4. The number of aromatic nitrogens is 1. The Labute approximate surface area is 164 Å². The lowest BCUT2D eigenvalue weighted by Crippen LogP contribution is -2.45. The van der Waals surface area contributed by atoms with Crippen molar-refractivity contribution in [3.8, 4) is 0 Å². The summed E-state index contributed by atoms with van der Waals surface area (Å²) in [7, 11) is 0. The van der Waals surface area contributed by atoms with Gasteiger partial charge in [0.1, 0.15) is 0 Å². The van der Waals surface area contributed by atoms with Crippen LogP contribution in [0.5, 0.6) is 0 Å². The zero-order chi connectivity index (χ0) is 20.3. The van der Waals surface area contributed by atoms with E-state index >= 15 is 0 Å². The van der Waals surface area contributed by atoms with Crippen LogP contribution in [0, 0.1) is 0 Å². The van der Waals surface area contributed by atoms with Gasteiger partial charge in [0.05, 0.1) is 11.2 Å². The van der Waals surface area contributed by atoms with Crippen molar-refractivity contribution in [3.05, 3.63) is 65.5 Å². The van der Waals surface area contributed by atoms with Crippen LogP contribution in [0.25, 0.3) is 0 Å². The van der Waals surface area contributed by atoms with Crippen molar-refractivity contribution in [2.24, 2.45) is 0 Å². The molecule has 1 aliphatic rings. The summed E-state index contributed by atoms with van der Waals surface area (Å²) >= 11 is 0. The molecule has 0 radical (unpaired) electrons. The van der Waals surface area contributed by atoms with Crippen LogP contribution in [0.4, 0.5) is 13.2 Å². The number of benzene rings is 1. The summed E-state index contributed by atoms with van der Waals surface area (Å²) in [6.45, 7) is 5.97. The first-order valence-electron chi connectivity index (χ1n) is 9.62. The minimum absolute atomic E-state index is 0.342. The molecule has 3 rings (SSSR count). The highest BCUT2D eigenvalue weighted by molar-refractivity contribution is 5.33. The van der Waals surface area contributed by atoms with E-state index in [1.165, 1.54) is 12.1 Å². The van der Waals surface area contributed by atoms with Crippen LogP contribution in [0.3, 0.4) is 0 Å². The summed E-state index contributed by atoms with van der Waals surface area (Å²) in [6.07, 6.45) is 1.36. The van der Waals surface area contributed by atoms with E-state index in [2.05, 4.69) is 10.3 Å². The average Bonchev–Trinajstić information content (AvgIpc) is 2.65. The van der Waals surface area contributed by atoms with Crippen molar-refractivity contribution in [2.45, 2.75) is 56.8 Å². The predicted molar refractivity (Wildman–Crippen MR) is 103 cm³/mol. The maximum Gasteiger partial charge on any atom is 0.416 e. The normalized spacial score (nSPS) is 22.2. The SMILES string of the molecule is CC1(C)C[C@@](CCNCc2cccnc2)(c2cccc(C(F)(F)F)c2)CCO1. The molecule has 1 atom stereocenters. The monoisotopic (exact) mass is 392 g/mol. The second kappa shape index (κ2) is 8.21. The van der Waals surface area contributed by atoms with Crippen molar-refractivity contribution < 1.29 is 17.9 Å². The molecule has 3 nitrogen and oxygen atoms in total. The highest BCUT2D eigenvalue weighted by Crippen LogP contribution is 2.45. The van der Waals surface area contributed by atoms with E-state index in [0.29, 0.717) is 32.5 Å². The first-order valence-corrected chi connectivity index (χ1v) is 9.62. The van der Waals surface area contributed by atoms with E-state index in [0.717, 1.165) is 23.6 Å². The van der Waals surface area contributed by atoms with Gasteiger partial charge < -0.3 is 10.1 Å². The molecule has 1 aromatic carbocycles. The van der Waals surface area contributed by atoms with Crippen LogP contribution in [0.1, 0.15) is 49.8 Å². The Morgan fingerprint density at radius 3 is 2.68 bits per heavy atom. The summed E-state index contributed by atoms with van der Waals surface area (Å²) in [4.78, 5) is 4.10. The number of ether oxygens (including phenoxy) is 1. The fourth-order valence-corrected chi connectivity index (χ4v) is 4.17. The summed E-state index contributed by atoms with van der Waals surface area (Å²) < 4.78 is 45.7. The lowest BCUT2D eigenvalue weighted by atomic mass is 9.67. The highest BCUT2D eigenvalue weighted by Gasteiger charge is 2.42. The van der Waals surface area contributed by atoms with Crippen molar-refractivity contribution in [1.82, 2.24) is 10.3 Å². The molecule has 2 aromatic rings. The lowest BCUT2D eigenvalue weighted by molar-refractivity contribution is -0.137. The lowest BCUT2D eigenvalue weighted by Gasteiger charge is -2.45. The second-order valence-electron chi connectivity index (χ2n) is 8.18. The van der Waals surface area contributed by atoms with Gasteiger partial charge in [0.2, 0.25) is 0 Å². The van der Waals surface area contributed by atoms with Crippen LogP contribution < -0.4 is 5.32 Å². The van der Waals surface area contributed by atoms with Gasteiger partial charge in [0.25, 0.3) is 0 Å². The molecule has 0 spiro atoms. The van der Waals surface area contributed by atoms with Crippen molar-refractivity contribution in [2.75, 3.05) is 13.2 Å². The van der Waals surface area contributed by atoms with Crippen LogP contribution in [0.2, 0.25) is 0 Å². The number of nitrogens with zero attached hydrogens (tertiary/aromatic N) is 1. The fraction of sp³-hybridized carbons (Fsp3) is 0.500. The van der Waals surface area contributed by atoms with E-state index in [1.807, 2.05) is 38.2 Å². The molecular formula is C22H27F3N2O. The van der Waals surface area contributed by atoms with E-state index in [1.54, 1.807) is 6.20 Å². The quantitative estimate of drug-likeness (QED) is 0.694. The molecule has 152 valence electrons. The number of halogens is 3. The van der Waals surface area contributed by atoms with E-state index < -0.39 is 11.7 Å². The minimum Gasteiger partial charge on any atom is -0.376 e. The Balaban J connectivity index is 1.78. The molecule has 1 fully saturated rings. The van der Waals surface area contributed by atoms with Gasteiger partial charge in [-0.05, 0) is 62.9 Å². The summed E-state index contributed by atoms with van der Waals surface area (Å²) in [5.74, 6) is 0. The average molecular weight is 392 g/mol. The molecule has 28 heavy (non-hydrogen) atoms. The molecule has 1 N–H and O–H groups in total. The molecule has 0 unspecified atom stereocenters. The smallest absolute Gasteiger partial charge is 0.376 e. The van der Waals surface area contributed by atoms with Gasteiger partial charge in [0.15, 0.2) is 0 Å². The highest BCUT2D eigenvalue weighted by atomic mass is 19.4. The van der Waals surface area contributed by atoms with Gasteiger partial charge in [-0.1, -0.05) is 24.3 Å². The van der Waals surface area contributed by atoms with Crippen molar-refractivity contribution in [3.63, 3.8) is 0 Å². The number of hydrogen-bond donors (Lipinski definition) is 1. The standard InChI is InChI=1S/C22H27F3N2O/c1-20(2)16-21(9-12-28-20,8-11-27-15-17-5-4-10-26-14-17)18-6-3-7-19(13-18)22(23,24)25/h3-7,10,13-14,27H,8-9,11-12,15-16H2,1-2H3/t21-/m0/s1. The number of rotatable bonds is 6. The molecule has 1 aromatic heterocycles. The molecular weight excluding hydrogens is 365 g/mol. The number of pyridine rings is 1. The maximum absolute atomic E-state index is 13.3. The zero-order valence-electron chi connectivity index (χ0n) is 16.4. The fourth-order valence-electron chi connectivity index (χ4n) is 4.17. The van der Waals surface area contributed by atoms with Crippen LogP contribution in [-0.4, -0.2) is 23.7 Å². The van der Waals surface area contributed by atoms with Gasteiger partial charge in [-0.25, -0.2) is 0 Å². The topological polar surface area (TPSA) is 34.2 Å². The van der Waals surface area contributed by atoms with E-state index in [-0.39, 0.29) is 11.0 Å². The summed E-state index contributed by atoms with van der Waals surface area (Å²) in [5, 5.41) is 3.41. The van der Waals surface area contributed by atoms with Crippen LogP contribution in [-0.2, 0) is 22.9 Å². The van der Waals surface area contributed by atoms with E-state index in [4.69, 9.17) is 4.74 Å². The van der Waals surface area contributed by atoms with Crippen molar-refractivity contribution >= 4 is 0 Å².